The van der Waals surface area contributed by atoms with Crippen molar-refractivity contribution >= 4 is 5.82 Å². The summed E-state index contributed by atoms with van der Waals surface area (Å²) in [5.74, 6) is 2.46. The number of nitrogens with zero attached hydrogens (tertiary/aromatic N) is 2. The van der Waals surface area contributed by atoms with E-state index in [1.807, 2.05) is 30.3 Å². The van der Waals surface area contributed by atoms with Crippen LogP contribution in [0.1, 0.15) is 30.9 Å². The Morgan fingerprint density at radius 3 is 2.50 bits per heavy atom. The number of aryl methyl sites for hydroxylation is 1. The molecule has 0 saturated carbocycles. The zero-order chi connectivity index (χ0) is 14.4. The minimum Gasteiger partial charge on any atom is -0.486 e. The van der Waals surface area contributed by atoms with Crippen LogP contribution in [0.4, 0.5) is 5.82 Å². The predicted molar refractivity (Wildman–Crippen MR) is 81.1 cm³/mol. The van der Waals surface area contributed by atoms with Crippen LogP contribution in [-0.4, -0.2) is 16.5 Å². The highest BCUT2D eigenvalue weighted by Gasteiger charge is 2.09. The van der Waals surface area contributed by atoms with Gasteiger partial charge in [0.25, 0.3) is 0 Å². The van der Waals surface area contributed by atoms with E-state index >= 15 is 0 Å². The summed E-state index contributed by atoms with van der Waals surface area (Å²) >= 11 is 0. The summed E-state index contributed by atoms with van der Waals surface area (Å²) in [7, 11) is 0. The van der Waals surface area contributed by atoms with Crippen LogP contribution >= 0.6 is 0 Å². The normalized spacial score (nSPS) is 10.3. The smallest absolute Gasteiger partial charge is 0.168 e. The number of para-hydroxylation sites is 1. The molecule has 0 radical (unpaired) electrons. The molecule has 4 heteroatoms. The summed E-state index contributed by atoms with van der Waals surface area (Å²) in [5.41, 5.74) is 2.19. The maximum Gasteiger partial charge on any atom is 0.168 e. The van der Waals surface area contributed by atoms with E-state index < -0.39 is 0 Å². The third-order valence-corrected chi connectivity index (χ3v) is 3.08. The van der Waals surface area contributed by atoms with Gasteiger partial charge < -0.3 is 10.1 Å². The van der Waals surface area contributed by atoms with Gasteiger partial charge in [-0.05, 0) is 32.4 Å². The lowest BCUT2D eigenvalue weighted by Crippen LogP contribution is -2.11. The third kappa shape index (κ3) is 3.47. The lowest BCUT2D eigenvalue weighted by atomic mass is 10.2. The van der Waals surface area contributed by atoms with Gasteiger partial charge >= 0.3 is 0 Å². The summed E-state index contributed by atoms with van der Waals surface area (Å²) in [5, 5.41) is 3.28. The molecule has 0 atom stereocenters. The van der Waals surface area contributed by atoms with E-state index in [1.54, 1.807) is 0 Å². The first-order valence-corrected chi connectivity index (χ1v) is 7.02. The summed E-state index contributed by atoms with van der Waals surface area (Å²) in [6, 6.07) is 9.73. The Hall–Kier alpha value is -2.10. The quantitative estimate of drug-likeness (QED) is 0.875. The van der Waals surface area contributed by atoms with Gasteiger partial charge in [0.15, 0.2) is 5.82 Å². The van der Waals surface area contributed by atoms with Crippen LogP contribution in [0, 0.1) is 6.92 Å². The van der Waals surface area contributed by atoms with Gasteiger partial charge in [0.05, 0.1) is 0 Å². The topological polar surface area (TPSA) is 47.0 Å². The molecule has 0 aliphatic heterocycles. The average Bonchev–Trinajstić information content (AvgIpc) is 2.49. The highest BCUT2D eigenvalue weighted by Crippen LogP contribution is 2.17. The second-order valence-corrected chi connectivity index (χ2v) is 4.55. The number of anilines is 1. The van der Waals surface area contributed by atoms with E-state index in [0.29, 0.717) is 12.4 Å². The van der Waals surface area contributed by atoms with Gasteiger partial charge in [-0.1, -0.05) is 25.1 Å². The van der Waals surface area contributed by atoms with Crippen LogP contribution in [0.5, 0.6) is 5.75 Å². The molecule has 0 bridgehead atoms. The molecule has 1 N–H and O–H groups in total. The summed E-state index contributed by atoms with van der Waals surface area (Å²) in [6.45, 7) is 7.45. The number of benzene rings is 1. The molecule has 0 fully saturated rings. The summed E-state index contributed by atoms with van der Waals surface area (Å²) < 4.78 is 5.71. The fourth-order valence-electron chi connectivity index (χ4n) is 2.03. The Bertz CT molecular complexity index is 555. The van der Waals surface area contributed by atoms with Crippen molar-refractivity contribution in [1.82, 2.24) is 9.97 Å². The Kier molecular flexibility index (Phi) is 4.93. The molecule has 0 spiro atoms. The number of aromatic nitrogens is 2. The van der Waals surface area contributed by atoms with Crippen LogP contribution in [0.15, 0.2) is 30.3 Å². The van der Waals surface area contributed by atoms with Crippen molar-refractivity contribution in [3.05, 3.63) is 47.4 Å². The monoisotopic (exact) mass is 271 g/mol. The van der Waals surface area contributed by atoms with Crippen molar-refractivity contribution in [2.45, 2.75) is 33.8 Å². The molecule has 1 aromatic carbocycles. The Morgan fingerprint density at radius 2 is 1.85 bits per heavy atom. The fourth-order valence-corrected chi connectivity index (χ4v) is 2.03. The lowest BCUT2D eigenvalue weighted by Gasteiger charge is -2.13. The second-order valence-electron chi connectivity index (χ2n) is 4.55. The number of hydrogen-bond donors (Lipinski definition) is 1. The highest BCUT2D eigenvalue weighted by atomic mass is 16.5. The molecule has 106 valence electrons. The van der Waals surface area contributed by atoms with Crippen molar-refractivity contribution in [1.29, 1.82) is 0 Å². The van der Waals surface area contributed by atoms with Crippen LogP contribution in [-0.2, 0) is 13.0 Å². The molecule has 1 heterocycles. The minimum absolute atomic E-state index is 0.385. The summed E-state index contributed by atoms with van der Waals surface area (Å²) in [4.78, 5) is 9.11. The van der Waals surface area contributed by atoms with E-state index in [4.69, 9.17) is 4.74 Å². The van der Waals surface area contributed by atoms with E-state index in [0.717, 1.165) is 35.8 Å². The number of hydrogen-bond acceptors (Lipinski definition) is 4. The first-order chi connectivity index (χ1) is 9.74. The highest BCUT2D eigenvalue weighted by molar-refractivity contribution is 5.45. The van der Waals surface area contributed by atoms with E-state index in [9.17, 15) is 0 Å². The Labute approximate surface area is 120 Å². The predicted octanol–water partition coefficient (Wildman–Crippen LogP) is 3.36. The SMILES string of the molecule is CCNc1nc(COc2ccccc2)nc(CC)c1C. The van der Waals surface area contributed by atoms with Crippen molar-refractivity contribution < 1.29 is 4.74 Å². The largest absolute Gasteiger partial charge is 0.486 e. The van der Waals surface area contributed by atoms with Crippen LogP contribution in [0.2, 0.25) is 0 Å². The van der Waals surface area contributed by atoms with E-state index in [1.165, 1.54) is 0 Å². The maximum absolute atomic E-state index is 5.71. The molecule has 0 aliphatic carbocycles. The van der Waals surface area contributed by atoms with Gasteiger partial charge in [0.2, 0.25) is 0 Å². The first kappa shape index (κ1) is 14.3. The molecule has 20 heavy (non-hydrogen) atoms. The molecule has 0 amide bonds. The molecule has 2 rings (SSSR count). The van der Waals surface area contributed by atoms with Crippen molar-refractivity contribution in [2.75, 3.05) is 11.9 Å². The van der Waals surface area contributed by atoms with Crippen LogP contribution in [0.25, 0.3) is 0 Å². The van der Waals surface area contributed by atoms with Gasteiger partial charge in [0, 0.05) is 17.8 Å². The molecule has 0 unspecified atom stereocenters. The molecular formula is C16H21N3O. The minimum atomic E-state index is 0.385. The Balaban J connectivity index is 2.16. The number of nitrogens with one attached hydrogen (secondary N) is 1. The maximum atomic E-state index is 5.71. The standard InChI is InChI=1S/C16H21N3O/c1-4-14-12(3)16(17-5-2)19-15(18-14)11-20-13-9-7-6-8-10-13/h6-10H,4-5,11H2,1-3H3,(H,17,18,19). The molecule has 4 nitrogen and oxygen atoms in total. The zero-order valence-electron chi connectivity index (χ0n) is 12.3. The van der Waals surface area contributed by atoms with Gasteiger partial charge in [-0.3, -0.25) is 0 Å². The third-order valence-electron chi connectivity index (χ3n) is 3.08. The van der Waals surface area contributed by atoms with E-state index in [-0.39, 0.29) is 0 Å². The van der Waals surface area contributed by atoms with Crippen molar-refractivity contribution in [2.24, 2.45) is 0 Å². The lowest BCUT2D eigenvalue weighted by molar-refractivity contribution is 0.295. The molecule has 2 aromatic rings. The van der Waals surface area contributed by atoms with Gasteiger partial charge in [-0.2, -0.15) is 0 Å². The van der Waals surface area contributed by atoms with Gasteiger partial charge in [0.1, 0.15) is 18.2 Å². The molecule has 0 saturated heterocycles. The molecule has 0 aliphatic rings. The number of ether oxygens (including phenoxy) is 1. The van der Waals surface area contributed by atoms with Gasteiger partial charge in [-0.25, -0.2) is 9.97 Å². The zero-order valence-corrected chi connectivity index (χ0v) is 12.3. The summed E-state index contributed by atoms with van der Waals surface area (Å²) in [6.07, 6.45) is 0.894. The van der Waals surface area contributed by atoms with Crippen LogP contribution < -0.4 is 10.1 Å². The number of rotatable bonds is 6. The van der Waals surface area contributed by atoms with E-state index in [2.05, 4.69) is 36.1 Å². The Morgan fingerprint density at radius 1 is 1.10 bits per heavy atom. The molecular weight excluding hydrogens is 250 g/mol. The first-order valence-electron chi connectivity index (χ1n) is 7.02. The second kappa shape index (κ2) is 6.89. The average molecular weight is 271 g/mol. The molecule has 1 aromatic heterocycles. The van der Waals surface area contributed by atoms with Gasteiger partial charge in [-0.15, -0.1) is 0 Å². The van der Waals surface area contributed by atoms with Crippen molar-refractivity contribution in [3.63, 3.8) is 0 Å². The van der Waals surface area contributed by atoms with Crippen molar-refractivity contribution in [3.8, 4) is 5.75 Å². The fraction of sp³-hybridized carbons (Fsp3) is 0.375. The van der Waals surface area contributed by atoms with Crippen LogP contribution in [0.3, 0.4) is 0 Å².